The van der Waals surface area contributed by atoms with E-state index in [1.165, 1.54) is 43.0 Å². The number of nitrogens with zero attached hydrogens (tertiary/aromatic N) is 1. The zero-order valence-electron chi connectivity index (χ0n) is 11.5. The van der Waals surface area contributed by atoms with Crippen LogP contribution in [0.4, 0.5) is 0 Å². The van der Waals surface area contributed by atoms with Gasteiger partial charge in [-0.1, -0.05) is 30.3 Å². The Hall–Kier alpha value is -0.510. The number of thioether (sulfide) groups is 1. The van der Waals surface area contributed by atoms with Gasteiger partial charge >= 0.3 is 0 Å². The van der Waals surface area contributed by atoms with Crippen molar-refractivity contribution >= 4 is 11.8 Å². The zero-order chi connectivity index (χ0) is 13.1. The largest absolute Gasteiger partial charge is 0.329 e. The first-order valence-corrected chi connectivity index (χ1v) is 8.60. The summed E-state index contributed by atoms with van der Waals surface area (Å²) in [4.78, 5) is 2.66. The third kappa shape index (κ3) is 2.99. The molecule has 3 rings (SSSR count). The number of rotatable bonds is 4. The molecule has 0 aliphatic carbocycles. The predicted molar refractivity (Wildman–Crippen MR) is 83.6 cm³/mol. The van der Waals surface area contributed by atoms with Gasteiger partial charge in [0.1, 0.15) is 0 Å². The standard InChI is InChI=1S/C16H24N2S/c17-10-16(15-7-9-19-12-15)18-8-6-14(11-18)13-4-2-1-3-5-13/h1-5,14-16H,6-12,17H2. The SMILES string of the molecule is NCC(C1CCSC1)N1CCC(c2ccccc2)C1. The fourth-order valence-corrected chi connectivity index (χ4v) is 4.91. The first-order chi connectivity index (χ1) is 9.38. The molecule has 0 amide bonds. The highest BCUT2D eigenvalue weighted by atomic mass is 32.2. The molecule has 3 atom stereocenters. The minimum atomic E-state index is 0.615. The van der Waals surface area contributed by atoms with Crippen molar-refractivity contribution < 1.29 is 0 Å². The molecule has 1 aromatic rings. The molecule has 104 valence electrons. The minimum Gasteiger partial charge on any atom is -0.329 e. The van der Waals surface area contributed by atoms with Crippen LogP contribution in [0.2, 0.25) is 0 Å². The molecule has 2 aliphatic heterocycles. The van der Waals surface area contributed by atoms with Gasteiger partial charge in [-0.25, -0.2) is 0 Å². The van der Waals surface area contributed by atoms with Gasteiger partial charge in [0.25, 0.3) is 0 Å². The monoisotopic (exact) mass is 276 g/mol. The van der Waals surface area contributed by atoms with Gasteiger partial charge in [-0.2, -0.15) is 11.8 Å². The quantitative estimate of drug-likeness (QED) is 0.916. The Morgan fingerprint density at radius 2 is 2.11 bits per heavy atom. The van der Waals surface area contributed by atoms with E-state index in [4.69, 9.17) is 5.73 Å². The van der Waals surface area contributed by atoms with E-state index < -0.39 is 0 Å². The van der Waals surface area contributed by atoms with Gasteiger partial charge in [0.05, 0.1) is 0 Å². The van der Waals surface area contributed by atoms with E-state index in [0.29, 0.717) is 12.0 Å². The number of hydrogen-bond acceptors (Lipinski definition) is 3. The Labute approximate surface area is 120 Å². The normalized spacial score (nSPS) is 29.7. The van der Waals surface area contributed by atoms with Crippen LogP contribution in [0.1, 0.15) is 24.3 Å². The van der Waals surface area contributed by atoms with Crippen molar-refractivity contribution in [2.45, 2.75) is 24.8 Å². The molecule has 0 radical (unpaired) electrons. The average molecular weight is 276 g/mol. The van der Waals surface area contributed by atoms with E-state index in [1.54, 1.807) is 0 Å². The Morgan fingerprint density at radius 3 is 2.79 bits per heavy atom. The molecule has 3 unspecified atom stereocenters. The summed E-state index contributed by atoms with van der Waals surface area (Å²) in [6, 6.07) is 11.6. The van der Waals surface area contributed by atoms with Crippen molar-refractivity contribution in [1.29, 1.82) is 0 Å². The molecule has 1 aromatic carbocycles. The summed E-state index contributed by atoms with van der Waals surface area (Å²) in [5, 5.41) is 0. The van der Waals surface area contributed by atoms with E-state index in [2.05, 4.69) is 47.0 Å². The van der Waals surface area contributed by atoms with Gasteiger partial charge in [0.15, 0.2) is 0 Å². The number of benzene rings is 1. The Bertz CT molecular complexity index is 389. The molecule has 0 spiro atoms. The smallest absolute Gasteiger partial charge is 0.0255 e. The van der Waals surface area contributed by atoms with Crippen LogP contribution in [0, 0.1) is 5.92 Å². The van der Waals surface area contributed by atoms with Crippen LogP contribution in [-0.2, 0) is 0 Å². The second-order valence-corrected chi connectivity index (χ2v) is 6.97. The molecule has 2 heterocycles. The fourth-order valence-electron chi connectivity index (χ4n) is 3.58. The minimum absolute atomic E-state index is 0.615. The Morgan fingerprint density at radius 1 is 1.26 bits per heavy atom. The molecule has 3 heteroatoms. The molecule has 2 N–H and O–H groups in total. The molecule has 2 fully saturated rings. The third-order valence-corrected chi connectivity index (χ3v) is 5.90. The van der Waals surface area contributed by atoms with Crippen molar-refractivity contribution in [3.8, 4) is 0 Å². The summed E-state index contributed by atoms with van der Waals surface area (Å²) < 4.78 is 0. The van der Waals surface area contributed by atoms with Gasteiger partial charge in [-0.3, -0.25) is 4.90 Å². The molecule has 2 saturated heterocycles. The fraction of sp³-hybridized carbons (Fsp3) is 0.625. The Balaban J connectivity index is 1.64. The summed E-state index contributed by atoms with van der Waals surface area (Å²) in [7, 11) is 0. The average Bonchev–Trinajstić information content (AvgIpc) is 3.12. The van der Waals surface area contributed by atoms with Crippen LogP contribution >= 0.6 is 11.8 Å². The molecular weight excluding hydrogens is 252 g/mol. The lowest BCUT2D eigenvalue weighted by molar-refractivity contribution is 0.189. The highest BCUT2D eigenvalue weighted by Crippen LogP contribution is 2.33. The van der Waals surface area contributed by atoms with Crippen molar-refractivity contribution in [1.82, 2.24) is 4.90 Å². The van der Waals surface area contributed by atoms with Crippen LogP contribution in [0.3, 0.4) is 0 Å². The lowest BCUT2D eigenvalue weighted by atomic mass is 9.97. The van der Waals surface area contributed by atoms with Crippen molar-refractivity contribution in [3.05, 3.63) is 35.9 Å². The van der Waals surface area contributed by atoms with Gasteiger partial charge in [-0.05, 0) is 48.3 Å². The first-order valence-electron chi connectivity index (χ1n) is 7.45. The van der Waals surface area contributed by atoms with Crippen molar-refractivity contribution in [3.63, 3.8) is 0 Å². The predicted octanol–water partition coefficient (Wildman–Crippen LogP) is 2.56. The van der Waals surface area contributed by atoms with Crippen LogP contribution in [0.25, 0.3) is 0 Å². The second kappa shape index (κ2) is 6.29. The summed E-state index contributed by atoms with van der Waals surface area (Å²) in [5.41, 5.74) is 7.57. The van der Waals surface area contributed by atoms with E-state index in [9.17, 15) is 0 Å². The maximum Gasteiger partial charge on any atom is 0.0255 e. The summed E-state index contributed by atoms with van der Waals surface area (Å²) in [6.45, 7) is 3.25. The summed E-state index contributed by atoms with van der Waals surface area (Å²) in [5.74, 6) is 4.18. The molecule has 0 saturated carbocycles. The number of likely N-dealkylation sites (tertiary alicyclic amines) is 1. The third-order valence-electron chi connectivity index (χ3n) is 4.71. The molecule has 19 heavy (non-hydrogen) atoms. The zero-order valence-corrected chi connectivity index (χ0v) is 12.3. The van der Waals surface area contributed by atoms with Crippen LogP contribution in [0.15, 0.2) is 30.3 Å². The maximum absolute atomic E-state index is 6.07. The summed E-state index contributed by atoms with van der Waals surface area (Å²) >= 11 is 2.10. The highest BCUT2D eigenvalue weighted by Gasteiger charge is 2.34. The molecule has 2 nitrogen and oxygen atoms in total. The molecule has 0 aromatic heterocycles. The van der Waals surface area contributed by atoms with Gasteiger partial charge < -0.3 is 5.73 Å². The van der Waals surface area contributed by atoms with E-state index in [-0.39, 0.29) is 0 Å². The first kappa shape index (κ1) is 13.5. The van der Waals surface area contributed by atoms with Crippen LogP contribution in [0.5, 0.6) is 0 Å². The van der Waals surface area contributed by atoms with Crippen LogP contribution < -0.4 is 5.73 Å². The van der Waals surface area contributed by atoms with E-state index in [1.807, 2.05) is 0 Å². The number of hydrogen-bond donors (Lipinski definition) is 1. The second-order valence-electron chi connectivity index (χ2n) is 5.82. The van der Waals surface area contributed by atoms with E-state index in [0.717, 1.165) is 12.5 Å². The van der Waals surface area contributed by atoms with Crippen LogP contribution in [-0.4, -0.2) is 42.1 Å². The Kier molecular flexibility index (Phi) is 4.46. The molecule has 2 aliphatic rings. The van der Waals surface area contributed by atoms with Crippen molar-refractivity contribution in [2.75, 3.05) is 31.1 Å². The van der Waals surface area contributed by atoms with E-state index >= 15 is 0 Å². The maximum atomic E-state index is 6.07. The number of nitrogens with two attached hydrogens (primary N) is 1. The van der Waals surface area contributed by atoms with Gasteiger partial charge in [0, 0.05) is 19.1 Å². The summed E-state index contributed by atoms with van der Waals surface area (Å²) in [6.07, 6.45) is 2.65. The molecular formula is C16H24N2S. The lowest BCUT2D eigenvalue weighted by Crippen LogP contribution is -2.44. The highest BCUT2D eigenvalue weighted by molar-refractivity contribution is 7.99. The topological polar surface area (TPSA) is 29.3 Å². The van der Waals surface area contributed by atoms with Crippen molar-refractivity contribution in [2.24, 2.45) is 11.7 Å². The molecule has 0 bridgehead atoms. The van der Waals surface area contributed by atoms with Gasteiger partial charge in [0.2, 0.25) is 0 Å². The lowest BCUT2D eigenvalue weighted by Gasteiger charge is -2.31. The van der Waals surface area contributed by atoms with Gasteiger partial charge in [-0.15, -0.1) is 0 Å².